The molecule has 0 saturated heterocycles. The Morgan fingerprint density at radius 3 is 1.72 bits per heavy atom. The molecule has 3 amide bonds. The monoisotopic (exact) mass is 511 g/mol. The lowest BCUT2D eigenvalue weighted by atomic mass is 10.1. The van der Waals surface area contributed by atoms with Gasteiger partial charge in [-0.25, -0.2) is 4.79 Å². The maximum absolute atomic E-state index is 12.9. The predicted octanol–water partition coefficient (Wildman–Crippen LogP) is -0.582. The van der Waals surface area contributed by atoms with Gasteiger partial charge in [0.15, 0.2) is 0 Å². The summed E-state index contributed by atoms with van der Waals surface area (Å²) in [5.41, 5.74) is 11.1. The normalized spacial score (nSPS) is 14.7. The van der Waals surface area contributed by atoms with Crippen molar-refractivity contribution in [2.24, 2.45) is 11.5 Å². The molecule has 0 aliphatic heterocycles. The van der Waals surface area contributed by atoms with Crippen LogP contribution >= 0.6 is 36.2 Å². The van der Waals surface area contributed by atoms with E-state index in [0.717, 1.165) is 0 Å². The van der Waals surface area contributed by atoms with Gasteiger partial charge in [-0.3, -0.25) is 14.4 Å². The topological polar surface area (TPSA) is 177 Å². The molecule has 0 aliphatic rings. The van der Waals surface area contributed by atoms with Crippen LogP contribution in [0.3, 0.4) is 0 Å². The SMILES string of the molecule is CSCCC(NC(=O)C(N)CS)C(=O)NC(CCSC)C(=O)NC(CCCCN)C(=O)O. The number of unbranched alkanes of at least 4 members (excludes halogenated alkanes) is 1. The highest BCUT2D eigenvalue weighted by Gasteiger charge is 2.29. The van der Waals surface area contributed by atoms with E-state index < -0.39 is 47.9 Å². The zero-order valence-electron chi connectivity index (χ0n) is 18.7. The number of carboxylic acid groups (broad SMARTS) is 1. The van der Waals surface area contributed by atoms with Crippen molar-refractivity contribution >= 4 is 59.8 Å². The number of carbonyl (C=O) groups excluding carboxylic acids is 3. The number of thioether (sulfide) groups is 2. The van der Waals surface area contributed by atoms with Crippen molar-refractivity contribution in [1.82, 2.24) is 16.0 Å². The van der Waals surface area contributed by atoms with Gasteiger partial charge in [-0.2, -0.15) is 36.2 Å². The Hall–Kier alpha value is -1.15. The van der Waals surface area contributed by atoms with Crippen molar-refractivity contribution in [2.75, 3.05) is 36.3 Å². The number of rotatable bonds is 18. The second-order valence-corrected chi connectivity index (χ2v) is 9.49. The maximum Gasteiger partial charge on any atom is 0.326 e. The molecule has 0 aromatic rings. The molecule has 0 bridgehead atoms. The Morgan fingerprint density at radius 2 is 1.31 bits per heavy atom. The van der Waals surface area contributed by atoms with Gasteiger partial charge >= 0.3 is 5.97 Å². The second-order valence-electron chi connectivity index (χ2n) is 7.16. The third-order valence-electron chi connectivity index (χ3n) is 4.58. The lowest BCUT2D eigenvalue weighted by molar-refractivity contribution is -0.142. The third kappa shape index (κ3) is 12.8. The smallest absolute Gasteiger partial charge is 0.326 e. The molecule has 0 saturated carbocycles. The van der Waals surface area contributed by atoms with E-state index in [0.29, 0.717) is 43.7 Å². The number of aliphatic carboxylic acids is 1. The van der Waals surface area contributed by atoms with Crippen molar-refractivity contribution < 1.29 is 24.3 Å². The van der Waals surface area contributed by atoms with E-state index >= 15 is 0 Å². The summed E-state index contributed by atoms with van der Waals surface area (Å²) in [5.74, 6) is -1.42. The van der Waals surface area contributed by atoms with Gasteiger partial charge < -0.3 is 32.5 Å². The molecule has 0 aromatic heterocycles. The molecule has 0 heterocycles. The molecule has 32 heavy (non-hydrogen) atoms. The number of amides is 3. The molecule has 4 unspecified atom stereocenters. The lowest BCUT2D eigenvalue weighted by Crippen LogP contribution is -2.57. The van der Waals surface area contributed by atoms with Crippen LogP contribution in [-0.2, 0) is 19.2 Å². The minimum Gasteiger partial charge on any atom is -0.480 e. The van der Waals surface area contributed by atoms with Crippen molar-refractivity contribution in [3.05, 3.63) is 0 Å². The van der Waals surface area contributed by atoms with E-state index in [4.69, 9.17) is 11.5 Å². The summed E-state index contributed by atoms with van der Waals surface area (Å²) in [6, 6.07) is -3.73. The quantitative estimate of drug-likeness (QED) is 0.0937. The van der Waals surface area contributed by atoms with Crippen LogP contribution in [0.5, 0.6) is 0 Å². The van der Waals surface area contributed by atoms with Crippen LogP contribution < -0.4 is 27.4 Å². The lowest BCUT2D eigenvalue weighted by Gasteiger charge is -2.25. The minimum absolute atomic E-state index is 0.127. The molecule has 0 rings (SSSR count). The average Bonchev–Trinajstić information content (AvgIpc) is 2.77. The number of carboxylic acids is 1. The predicted molar refractivity (Wildman–Crippen MR) is 134 cm³/mol. The molecule has 186 valence electrons. The van der Waals surface area contributed by atoms with Crippen LogP contribution in [0.4, 0.5) is 0 Å². The van der Waals surface area contributed by atoms with E-state index in [1.807, 2.05) is 12.5 Å². The Labute approximate surface area is 203 Å². The Kier molecular flexibility index (Phi) is 17.6. The maximum atomic E-state index is 12.9. The van der Waals surface area contributed by atoms with Crippen LogP contribution in [0.15, 0.2) is 0 Å². The van der Waals surface area contributed by atoms with Crippen LogP contribution in [0, 0.1) is 0 Å². The number of hydrogen-bond donors (Lipinski definition) is 7. The molecular formula is C19H37N5O5S3. The molecule has 10 nitrogen and oxygen atoms in total. The average molecular weight is 512 g/mol. The zero-order valence-corrected chi connectivity index (χ0v) is 21.2. The van der Waals surface area contributed by atoms with Gasteiger partial charge in [0.2, 0.25) is 17.7 Å². The van der Waals surface area contributed by atoms with E-state index in [1.165, 1.54) is 23.5 Å². The van der Waals surface area contributed by atoms with Crippen molar-refractivity contribution in [1.29, 1.82) is 0 Å². The van der Waals surface area contributed by atoms with E-state index in [2.05, 4.69) is 28.6 Å². The molecule has 0 spiro atoms. The summed E-state index contributed by atoms with van der Waals surface area (Å²) < 4.78 is 0. The molecule has 8 N–H and O–H groups in total. The van der Waals surface area contributed by atoms with E-state index in [1.54, 1.807) is 0 Å². The minimum atomic E-state index is -1.14. The molecule has 0 radical (unpaired) electrons. The second kappa shape index (κ2) is 18.3. The highest BCUT2D eigenvalue weighted by Crippen LogP contribution is 2.07. The fourth-order valence-corrected chi connectivity index (χ4v) is 3.77. The Morgan fingerprint density at radius 1 is 0.844 bits per heavy atom. The first kappa shape index (κ1) is 30.9. The summed E-state index contributed by atoms with van der Waals surface area (Å²) >= 11 is 7.01. The summed E-state index contributed by atoms with van der Waals surface area (Å²) in [5, 5.41) is 17.2. The van der Waals surface area contributed by atoms with Gasteiger partial charge in [-0.15, -0.1) is 0 Å². The van der Waals surface area contributed by atoms with Crippen LogP contribution in [0.2, 0.25) is 0 Å². The fraction of sp³-hybridized carbons (Fsp3) is 0.789. The molecule has 13 heteroatoms. The first-order chi connectivity index (χ1) is 15.2. The van der Waals surface area contributed by atoms with E-state index in [-0.39, 0.29) is 12.2 Å². The van der Waals surface area contributed by atoms with E-state index in [9.17, 15) is 24.3 Å². The van der Waals surface area contributed by atoms with Gasteiger partial charge in [0.05, 0.1) is 6.04 Å². The highest BCUT2D eigenvalue weighted by molar-refractivity contribution is 7.98. The molecular weight excluding hydrogens is 474 g/mol. The van der Waals surface area contributed by atoms with Crippen LogP contribution in [0.25, 0.3) is 0 Å². The largest absolute Gasteiger partial charge is 0.480 e. The highest BCUT2D eigenvalue weighted by atomic mass is 32.2. The van der Waals surface area contributed by atoms with Gasteiger partial charge in [-0.1, -0.05) is 0 Å². The van der Waals surface area contributed by atoms with Crippen molar-refractivity contribution in [3.63, 3.8) is 0 Å². The number of carbonyl (C=O) groups is 4. The summed E-state index contributed by atoms with van der Waals surface area (Å²) in [6.45, 7) is 0.437. The first-order valence-corrected chi connectivity index (χ1v) is 13.8. The molecule has 0 aliphatic carbocycles. The van der Waals surface area contributed by atoms with Gasteiger partial charge in [-0.05, 0) is 62.7 Å². The van der Waals surface area contributed by atoms with Gasteiger partial charge in [0.1, 0.15) is 18.1 Å². The third-order valence-corrected chi connectivity index (χ3v) is 6.26. The molecule has 4 atom stereocenters. The van der Waals surface area contributed by atoms with Gasteiger partial charge in [0.25, 0.3) is 0 Å². The van der Waals surface area contributed by atoms with Crippen LogP contribution in [0.1, 0.15) is 32.1 Å². The summed E-state index contributed by atoms with van der Waals surface area (Å²) in [4.78, 5) is 49.4. The number of hydrogen-bond acceptors (Lipinski definition) is 9. The molecule has 0 aromatic carbocycles. The Bertz CT molecular complexity index is 600. The zero-order chi connectivity index (χ0) is 24.5. The fourth-order valence-electron chi connectivity index (χ4n) is 2.67. The Balaban J connectivity index is 5.30. The van der Waals surface area contributed by atoms with Crippen molar-refractivity contribution in [3.8, 4) is 0 Å². The standard InChI is InChI=1S/C19H37N5O5S3/c1-31-9-6-13(22-16(25)12(21)11-30)17(26)23-14(7-10-32-2)18(27)24-15(19(28)29)5-3-4-8-20/h12-15,30H,3-11,20-21H2,1-2H3,(H,22,25)(H,23,26)(H,24,27)(H,28,29). The first-order valence-electron chi connectivity index (χ1n) is 10.4. The van der Waals surface area contributed by atoms with Crippen molar-refractivity contribution in [2.45, 2.75) is 56.3 Å². The number of thiol groups is 1. The number of nitrogens with two attached hydrogens (primary N) is 2. The summed E-state index contributed by atoms with van der Waals surface area (Å²) in [6.07, 6.45) is 5.86. The van der Waals surface area contributed by atoms with Gasteiger partial charge in [0, 0.05) is 5.75 Å². The van der Waals surface area contributed by atoms with Crippen LogP contribution in [-0.4, -0.2) is 89.3 Å². The molecule has 0 fully saturated rings. The summed E-state index contributed by atoms with van der Waals surface area (Å²) in [7, 11) is 0. The number of nitrogens with one attached hydrogen (secondary N) is 3.